The minimum absolute atomic E-state index is 0.0501. The van der Waals surface area contributed by atoms with E-state index in [2.05, 4.69) is 9.88 Å². The van der Waals surface area contributed by atoms with Crippen LogP contribution in [0.3, 0.4) is 0 Å². The van der Waals surface area contributed by atoms with Gasteiger partial charge in [0.05, 0.1) is 6.20 Å². The van der Waals surface area contributed by atoms with Crippen molar-refractivity contribution < 1.29 is 4.74 Å². The van der Waals surface area contributed by atoms with E-state index in [-0.39, 0.29) is 5.43 Å². The van der Waals surface area contributed by atoms with Crippen LogP contribution < -0.4 is 15.5 Å². The van der Waals surface area contributed by atoms with Gasteiger partial charge in [0, 0.05) is 31.4 Å². The van der Waals surface area contributed by atoms with Gasteiger partial charge in [0.25, 0.3) is 0 Å². The molecule has 2 aromatic rings. The quantitative estimate of drug-likeness (QED) is 0.905. The lowest BCUT2D eigenvalue weighted by molar-refractivity contribution is 0.298. The molecule has 4 nitrogen and oxygen atoms in total. The lowest BCUT2D eigenvalue weighted by Crippen LogP contribution is -2.30. The SMILES string of the molecule is O=c1cc2n(cc1OCc1ccccc1)CCNC2. The van der Waals surface area contributed by atoms with Gasteiger partial charge in [0.15, 0.2) is 5.75 Å². The largest absolute Gasteiger partial charge is 0.483 e. The van der Waals surface area contributed by atoms with E-state index in [1.807, 2.05) is 36.5 Å². The summed E-state index contributed by atoms with van der Waals surface area (Å²) < 4.78 is 7.72. The summed E-state index contributed by atoms with van der Waals surface area (Å²) in [4.78, 5) is 11.9. The fourth-order valence-electron chi connectivity index (χ4n) is 2.21. The number of hydrogen-bond donors (Lipinski definition) is 1. The minimum Gasteiger partial charge on any atom is -0.483 e. The number of nitrogens with zero attached hydrogens (tertiary/aromatic N) is 1. The van der Waals surface area contributed by atoms with E-state index < -0.39 is 0 Å². The second kappa shape index (κ2) is 5.28. The van der Waals surface area contributed by atoms with Crippen molar-refractivity contribution in [3.8, 4) is 5.75 Å². The topological polar surface area (TPSA) is 43.3 Å². The first-order valence-electron chi connectivity index (χ1n) is 6.44. The molecule has 1 N–H and O–H groups in total. The van der Waals surface area contributed by atoms with Gasteiger partial charge in [0.2, 0.25) is 5.43 Å². The summed E-state index contributed by atoms with van der Waals surface area (Å²) in [6.45, 7) is 2.97. The van der Waals surface area contributed by atoms with Crippen LogP contribution in [0.15, 0.2) is 47.4 Å². The standard InChI is InChI=1S/C15H16N2O2/c18-14-8-13-9-16-6-7-17(13)10-15(14)19-11-12-4-2-1-3-5-12/h1-5,8,10,16H,6-7,9,11H2. The van der Waals surface area contributed by atoms with Crippen molar-refractivity contribution in [3.63, 3.8) is 0 Å². The van der Waals surface area contributed by atoms with Crippen molar-refractivity contribution in [3.05, 3.63) is 64.1 Å². The Morgan fingerprint density at radius 2 is 2.11 bits per heavy atom. The summed E-state index contributed by atoms with van der Waals surface area (Å²) in [5.41, 5.74) is 2.03. The fourth-order valence-corrected chi connectivity index (χ4v) is 2.21. The smallest absolute Gasteiger partial charge is 0.223 e. The van der Waals surface area contributed by atoms with Crippen LogP contribution >= 0.6 is 0 Å². The number of pyridine rings is 1. The van der Waals surface area contributed by atoms with Crippen LogP contribution in [0.4, 0.5) is 0 Å². The minimum atomic E-state index is -0.0501. The summed E-state index contributed by atoms with van der Waals surface area (Å²) in [7, 11) is 0. The second-order valence-corrected chi connectivity index (χ2v) is 4.64. The van der Waals surface area contributed by atoms with Gasteiger partial charge in [0.1, 0.15) is 6.61 Å². The average Bonchev–Trinajstić information content (AvgIpc) is 2.46. The van der Waals surface area contributed by atoms with E-state index in [1.165, 1.54) is 0 Å². The van der Waals surface area contributed by atoms with Crippen LogP contribution in [0.25, 0.3) is 0 Å². The molecule has 0 saturated carbocycles. The molecule has 0 spiro atoms. The molecule has 98 valence electrons. The molecule has 0 saturated heterocycles. The molecule has 0 radical (unpaired) electrons. The summed E-state index contributed by atoms with van der Waals surface area (Å²) in [5.74, 6) is 0.425. The number of nitrogens with one attached hydrogen (secondary N) is 1. The molecular formula is C15H16N2O2. The highest BCUT2D eigenvalue weighted by atomic mass is 16.5. The van der Waals surface area contributed by atoms with Crippen molar-refractivity contribution in [2.24, 2.45) is 0 Å². The molecule has 0 fully saturated rings. The highest BCUT2D eigenvalue weighted by Crippen LogP contribution is 2.11. The zero-order valence-electron chi connectivity index (χ0n) is 10.6. The molecule has 0 amide bonds. The maximum Gasteiger partial charge on any atom is 0.223 e. The lowest BCUT2D eigenvalue weighted by atomic mass is 10.2. The normalized spacial score (nSPS) is 13.9. The number of ether oxygens (including phenoxy) is 1. The van der Waals surface area contributed by atoms with E-state index in [0.29, 0.717) is 12.4 Å². The number of aromatic nitrogens is 1. The Balaban J connectivity index is 1.79. The molecular weight excluding hydrogens is 240 g/mol. The van der Waals surface area contributed by atoms with E-state index >= 15 is 0 Å². The zero-order chi connectivity index (χ0) is 13.1. The molecule has 3 rings (SSSR count). The highest BCUT2D eigenvalue weighted by Gasteiger charge is 2.11. The monoisotopic (exact) mass is 256 g/mol. The van der Waals surface area contributed by atoms with Crippen molar-refractivity contribution in [1.82, 2.24) is 9.88 Å². The maximum atomic E-state index is 11.9. The number of rotatable bonds is 3. The van der Waals surface area contributed by atoms with Gasteiger partial charge < -0.3 is 14.6 Å². The van der Waals surface area contributed by atoms with E-state index in [9.17, 15) is 4.79 Å². The predicted octanol–water partition coefficient (Wildman–Crippen LogP) is 1.53. The third-order valence-electron chi connectivity index (χ3n) is 3.26. The summed E-state index contributed by atoms with van der Waals surface area (Å²) in [6, 6.07) is 11.5. The molecule has 1 aliphatic heterocycles. The number of fused-ring (bicyclic) bond motifs is 1. The molecule has 0 unspecified atom stereocenters. The Labute approximate surface area is 111 Å². The molecule has 2 heterocycles. The molecule has 1 aromatic carbocycles. The van der Waals surface area contributed by atoms with Gasteiger partial charge in [-0.15, -0.1) is 0 Å². The third kappa shape index (κ3) is 2.69. The zero-order valence-corrected chi connectivity index (χ0v) is 10.6. The van der Waals surface area contributed by atoms with E-state index in [0.717, 1.165) is 30.9 Å². The molecule has 19 heavy (non-hydrogen) atoms. The number of benzene rings is 1. The Bertz CT molecular complexity index is 620. The van der Waals surface area contributed by atoms with Crippen LogP contribution in [0.5, 0.6) is 5.75 Å². The Kier molecular flexibility index (Phi) is 3.33. The van der Waals surface area contributed by atoms with Crippen LogP contribution in [-0.2, 0) is 19.7 Å². The molecule has 1 aliphatic rings. The predicted molar refractivity (Wildman–Crippen MR) is 73.2 cm³/mol. The van der Waals surface area contributed by atoms with Crippen LogP contribution in [0.2, 0.25) is 0 Å². The highest BCUT2D eigenvalue weighted by molar-refractivity contribution is 5.23. The van der Waals surface area contributed by atoms with Crippen LogP contribution in [-0.4, -0.2) is 11.1 Å². The molecule has 4 heteroatoms. The first-order valence-corrected chi connectivity index (χ1v) is 6.44. The number of hydrogen-bond acceptors (Lipinski definition) is 3. The van der Waals surface area contributed by atoms with Gasteiger partial charge in [-0.3, -0.25) is 4.79 Å². The Morgan fingerprint density at radius 1 is 1.26 bits per heavy atom. The third-order valence-corrected chi connectivity index (χ3v) is 3.26. The summed E-state index contributed by atoms with van der Waals surface area (Å²) in [5, 5.41) is 3.24. The van der Waals surface area contributed by atoms with Crippen LogP contribution in [0.1, 0.15) is 11.3 Å². The fraction of sp³-hybridized carbons (Fsp3) is 0.267. The van der Waals surface area contributed by atoms with E-state index in [4.69, 9.17) is 4.74 Å². The van der Waals surface area contributed by atoms with E-state index in [1.54, 1.807) is 6.07 Å². The first-order chi connectivity index (χ1) is 9.33. The van der Waals surface area contributed by atoms with Crippen molar-refractivity contribution in [2.75, 3.05) is 6.54 Å². The lowest BCUT2D eigenvalue weighted by Gasteiger charge is -2.20. The maximum absolute atomic E-state index is 11.9. The van der Waals surface area contributed by atoms with Crippen molar-refractivity contribution >= 4 is 0 Å². The van der Waals surface area contributed by atoms with Gasteiger partial charge in [-0.25, -0.2) is 0 Å². The van der Waals surface area contributed by atoms with Crippen LogP contribution in [0, 0.1) is 0 Å². The van der Waals surface area contributed by atoms with Crippen molar-refractivity contribution in [2.45, 2.75) is 19.7 Å². The van der Waals surface area contributed by atoms with Gasteiger partial charge in [-0.05, 0) is 5.56 Å². The second-order valence-electron chi connectivity index (χ2n) is 4.64. The Hall–Kier alpha value is -2.07. The van der Waals surface area contributed by atoms with Gasteiger partial charge >= 0.3 is 0 Å². The first kappa shape index (κ1) is 12.0. The van der Waals surface area contributed by atoms with Gasteiger partial charge in [-0.1, -0.05) is 30.3 Å². The molecule has 1 aromatic heterocycles. The summed E-state index contributed by atoms with van der Waals surface area (Å²) >= 11 is 0. The average molecular weight is 256 g/mol. The molecule has 0 aliphatic carbocycles. The van der Waals surface area contributed by atoms with Crippen molar-refractivity contribution in [1.29, 1.82) is 0 Å². The molecule has 0 bridgehead atoms. The van der Waals surface area contributed by atoms with Gasteiger partial charge in [-0.2, -0.15) is 0 Å². The molecule has 0 atom stereocenters. The summed E-state index contributed by atoms with van der Waals surface area (Å²) in [6.07, 6.45) is 1.82. The Morgan fingerprint density at radius 3 is 2.95 bits per heavy atom.